The molecule has 0 bridgehead atoms. The zero-order valence-electron chi connectivity index (χ0n) is 26.7. The first-order chi connectivity index (χ1) is 22.3. The van der Waals surface area contributed by atoms with E-state index in [0.717, 1.165) is 57.3 Å². The Kier molecular flexibility index (Phi) is 9.65. The minimum atomic E-state index is -1.23. The number of nitrogens with zero attached hydrogens (tertiary/aromatic N) is 2. The average molecular weight is 811 g/mol. The molecule has 7 aromatic rings. The molecule has 1 aliphatic carbocycles. The van der Waals surface area contributed by atoms with Crippen LogP contribution in [-0.4, -0.2) is 18.0 Å². The standard InChI is InChI=1S/C27H19FNO.C14H16NSi.Ir/c28-24-16-26-23(15-22(24)17-6-2-1-3-7-17)21-11-10-19(14-25(21)30-26)27-20-9-5-4-8-18(20)12-13-29-27;1-16(2,3)13-9-10-14(15-11-13)12-7-5-4-6-8-12;/h1-3,6-7,11-16H,4-5,8-9H2;4-7,9-11H,1-3H3;/q2*-1;. The molecular formula is C41H35FIrN2OSi-2. The molecule has 3 heterocycles. The third kappa shape index (κ3) is 6.91. The Labute approximate surface area is 290 Å². The third-order valence-corrected chi connectivity index (χ3v) is 10.8. The van der Waals surface area contributed by atoms with E-state index in [1.165, 1.54) is 35.2 Å². The van der Waals surface area contributed by atoms with Crippen molar-refractivity contribution in [3.63, 3.8) is 0 Å². The van der Waals surface area contributed by atoms with Crippen LogP contribution >= 0.6 is 0 Å². The molecule has 0 atom stereocenters. The van der Waals surface area contributed by atoms with Gasteiger partial charge in [0.2, 0.25) is 0 Å². The number of hydrogen-bond donors (Lipinski definition) is 0. The number of furan rings is 1. The maximum atomic E-state index is 14.8. The molecule has 6 heteroatoms. The van der Waals surface area contributed by atoms with Crippen LogP contribution in [0.3, 0.4) is 0 Å². The number of aromatic nitrogens is 2. The first-order valence-corrected chi connectivity index (χ1v) is 19.4. The number of hydrogen-bond acceptors (Lipinski definition) is 3. The monoisotopic (exact) mass is 811 g/mol. The van der Waals surface area contributed by atoms with E-state index in [9.17, 15) is 4.39 Å². The van der Waals surface area contributed by atoms with Crippen LogP contribution in [0, 0.1) is 17.9 Å². The van der Waals surface area contributed by atoms with Gasteiger partial charge in [-0.1, -0.05) is 84.7 Å². The van der Waals surface area contributed by atoms with Gasteiger partial charge in [0.25, 0.3) is 0 Å². The van der Waals surface area contributed by atoms with Crippen molar-refractivity contribution in [2.24, 2.45) is 0 Å². The molecule has 3 nitrogen and oxygen atoms in total. The second kappa shape index (κ2) is 13.9. The van der Waals surface area contributed by atoms with E-state index in [4.69, 9.17) is 4.42 Å². The molecule has 0 unspecified atom stereocenters. The molecule has 1 radical (unpaired) electrons. The smallest absolute Gasteiger partial charge is 0.134 e. The fourth-order valence-corrected chi connectivity index (χ4v) is 7.19. The fraction of sp³-hybridized carbons (Fsp3) is 0.171. The Hall–Kier alpha value is -4.22. The summed E-state index contributed by atoms with van der Waals surface area (Å²) in [4.78, 5) is 9.18. The number of pyridine rings is 2. The van der Waals surface area contributed by atoms with Crippen molar-refractivity contribution in [3.05, 3.63) is 139 Å². The minimum absolute atomic E-state index is 0. The summed E-state index contributed by atoms with van der Waals surface area (Å²) in [5.74, 6) is -0.282. The van der Waals surface area contributed by atoms with Crippen molar-refractivity contribution >= 4 is 35.2 Å². The van der Waals surface area contributed by atoms with E-state index < -0.39 is 8.07 Å². The van der Waals surface area contributed by atoms with Gasteiger partial charge in [0, 0.05) is 44.1 Å². The Morgan fingerprint density at radius 1 is 0.766 bits per heavy atom. The zero-order chi connectivity index (χ0) is 31.7. The summed E-state index contributed by atoms with van der Waals surface area (Å²) in [5, 5.41) is 3.24. The SMILES string of the molecule is C[Si](C)(C)c1ccc(-c2[c-]cccc2)nc1.Fc1cc2oc3cc(-c4nccc5c4CCCC5)[c-]cc3c2cc1-c1ccccc1.[Ir]. The number of rotatable bonds is 4. The molecule has 0 saturated heterocycles. The van der Waals surface area contributed by atoms with Crippen LogP contribution in [-0.2, 0) is 32.9 Å². The third-order valence-electron chi connectivity index (χ3n) is 8.72. The molecule has 237 valence electrons. The quantitative estimate of drug-likeness (QED) is 0.131. The maximum Gasteiger partial charge on any atom is 0.134 e. The zero-order valence-corrected chi connectivity index (χ0v) is 30.1. The molecule has 0 saturated carbocycles. The van der Waals surface area contributed by atoms with E-state index >= 15 is 0 Å². The van der Waals surface area contributed by atoms with Crippen molar-refractivity contribution in [3.8, 4) is 33.6 Å². The molecule has 0 spiro atoms. The van der Waals surface area contributed by atoms with Gasteiger partial charge >= 0.3 is 0 Å². The summed E-state index contributed by atoms with van der Waals surface area (Å²) in [5.41, 5.74) is 9.42. The fourth-order valence-electron chi connectivity index (χ4n) is 6.15. The van der Waals surface area contributed by atoms with Crippen LogP contribution in [0.1, 0.15) is 24.0 Å². The number of halogens is 1. The molecule has 0 aliphatic heterocycles. The van der Waals surface area contributed by atoms with Crippen LogP contribution in [0.4, 0.5) is 4.39 Å². The number of aryl methyl sites for hydroxylation is 1. The van der Waals surface area contributed by atoms with Gasteiger partial charge in [-0.05, 0) is 65.3 Å². The summed E-state index contributed by atoms with van der Waals surface area (Å²) in [6.07, 6.45) is 8.49. The molecule has 3 aromatic heterocycles. The molecular weight excluding hydrogens is 776 g/mol. The Balaban J connectivity index is 0.000000194. The molecule has 1 aliphatic rings. The van der Waals surface area contributed by atoms with Gasteiger partial charge in [-0.2, -0.15) is 0 Å². The second-order valence-electron chi connectivity index (χ2n) is 12.9. The van der Waals surface area contributed by atoms with Gasteiger partial charge < -0.3 is 14.4 Å². The van der Waals surface area contributed by atoms with Gasteiger partial charge in [-0.25, -0.2) is 4.39 Å². The Bertz CT molecular complexity index is 2140. The largest absolute Gasteiger partial charge is 0.476 e. The average Bonchev–Trinajstić information content (AvgIpc) is 3.44. The number of fused-ring (bicyclic) bond motifs is 4. The summed E-state index contributed by atoms with van der Waals surface area (Å²) in [6, 6.07) is 37.9. The first-order valence-electron chi connectivity index (χ1n) is 15.9. The molecule has 0 amide bonds. The van der Waals surface area contributed by atoms with Crippen molar-refractivity contribution in [2.45, 2.75) is 45.3 Å². The van der Waals surface area contributed by atoms with Gasteiger partial charge in [0.1, 0.15) is 11.4 Å². The van der Waals surface area contributed by atoms with E-state index in [0.29, 0.717) is 11.1 Å². The maximum absolute atomic E-state index is 14.8. The molecule has 4 aromatic carbocycles. The van der Waals surface area contributed by atoms with Gasteiger partial charge in [-0.3, -0.25) is 0 Å². The summed E-state index contributed by atoms with van der Waals surface area (Å²) in [7, 11) is -1.23. The molecule has 47 heavy (non-hydrogen) atoms. The van der Waals surface area contributed by atoms with Gasteiger partial charge in [0.05, 0.1) is 13.7 Å². The van der Waals surface area contributed by atoms with Crippen LogP contribution < -0.4 is 5.19 Å². The van der Waals surface area contributed by atoms with E-state index in [1.54, 1.807) is 0 Å². The molecule has 8 rings (SSSR count). The molecule has 0 fully saturated rings. The summed E-state index contributed by atoms with van der Waals surface area (Å²) >= 11 is 0. The normalized spacial score (nSPS) is 12.6. The van der Waals surface area contributed by atoms with Crippen LogP contribution in [0.15, 0.2) is 114 Å². The van der Waals surface area contributed by atoms with Crippen LogP contribution in [0.2, 0.25) is 19.6 Å². The van der Waals surface area contributed by atoms with Crippen LogP contribution in [0.25, 0.3) is 55.6 Å². The van der Waals surface area contributed by atoms with E-state index in [-0.39, 0.29) is 25.9 Å². The van der Waals surface area contributed by atoms with Gasteiger partial charge in [-0.15, -0.1) is 53.6 Å². The van der Waals surface area contributed by atoms with Crippen molar-refractivity contribution < 1.29 is 28.9 Å². The Morgan fingerprint density at radius 3 is 2.30 bits per heavy atom. The van der Waals surface area contributed by atoms with Crippen molar-refractivity contribution in [2.75, 3.05) is 0 Å². The number of benzene rings is 4. The van der Waals surface area contributed by atoms with Gasteiger partial charge in [0.15, 0.2) is 0 Å². The first kappa shape index (κ1) is 32.7. The molecule has 0 N–H and O–H groups in total. The van der Waals surface area contributed by atoms with Crippen molar-refractivity contribution in [1.29, 1.82) is 0 Å². The van der Waals surface area contributed by atoms with Crippen LogP contribution in [0.5, 0.6) is 0 Å². The predicted octanol–water partition coefficient (Wildman–Crippen LogP) is 10.2. The van der Waals surface area contributed by atoms with E-state index in [2.05, 4.69) is 59.9 Å². The minimum Gasteiger partial charge on any atom is -0.476 e. The topological polar surface area (TPSA) is 38.9 Å². The van der Waals surface area contributed by atoms with Crippen molar-refractivity contribution in [1.82, 2.24) is 9.97 Å². The van der Waals surface area contributed by atoms with E-state index in [1.807, 2.05) is 85.2 Å². The predicted molar refractivity (Wildman–Crippen MR) is 189 cm³/mol. The second-order valence-corrected chi connectivity index (χ2v) is 18.0. The summed E-state index contributed by atoms with van der Waals surface area (Å²) < 4.78 is 20.8. The summed E-state index contributed by atoms with van der Waals surface area (Å²) in [6.45, 7) is 7.00. The Morgan fingerprint density at radius 2 is 1.55 bits per heavy atom.